The molecule has 3 rings (SSSR count). The zero-order valence-corrected chi connectivity index (χ0v) is 9.88. The van der Waals surface area contributed by atoms with Gasteiger partial charge in [0.25, 0.3) is 0 Å². The molecule has 0 saturated carbocycles. The van der Waals surface area contributed by atoms with Crippen molar-refractivity contribution in [3.63, 3.8) is 0 Å². The van der Waals surface area contributed by atoms with Crippen molar-refractivity contribution in [2.24, 2.45) is 0 Å². The number of aromatic nitrogens is 1. The summed E-state index contributed by atoms with van der Waals surface area (Å²) < 4.78 is 18.5. The number of aromatic hydroxyl groups is 1. The number of hydrogen-bond donors (Lipinski definition) is 1. The van der Waals surface area contributed by atoms with Crippen molar-refractivity contribution in [3.8, 4) is 17.2 Å². The number of halogens is 1. The van der Waals surface area contributed by atoms with Crippen molar-refractivity contribution in [1.29, 1.82) is 0 Å². The maximum absolute atomic E-state index is 12.8. The lowest BCUT2D eigenvalue weighted by Crippen LogP contribution is -1.87. The van der Waals surface area contributed by atoms with Gasteiger partial charge in [-0.1, -0.05) is 12.1 Å². The zero-order valence-electron chi connectivity index (χ0n) is 9.88. The Morgan fingerprint density at radius 3 is 2.58 bits per heavy atom. The molecular weight excluding hydrogens is 245 g/mol. The summed E-state index contributed by atoms with van der Waals surface area (Å²) in [5.41, 5.74) is 0. The fourth-order valence-corrected chi connectivity index (χ4v) is 1.90. The first-order valence-corrected chi connectivity index (χ1v) is 5.73. The Bertz CT molecular complexity index is 721. The summed E-state index contributed by atoms with van der Waals surface area (Å²) in [6.07, 6.45) is 3.01. The van der Waals surface area contributed by atoms with Crippen LogP contribution < -0.4 is 4.74 Å². The smallest absolute Gasteiger partial charge is 0.145 e. The SMILES string of the molecule is Oc1cncc2cccc(Oc3ccc(F)cc3)c12. The Morgan fingerprint density at radius 1 is 1.00 bits per heavy atom. The lowest BCUT2D eigenvalue weighted by molar-refractivity contribution is 0.465. The van der Waals surface area contributed by atoms with Gasteiger partial charge in [0.1, 0.15) is 23.1 Å². The molecule has 94 valence electrons. The van der Waals surface area contributed by atoms with Gasteiger partial charge in [-0.25, -0.2) is 4.39 Å². The van der Waals surface area contributed by atoms with E-state index in [0.29, 0.717) is 16.9 Å². The molecule has 1 aromatic heterocycles. The van der Waals surface area contributed by atoms with Gasteiger partial charge < -0.3 is 9.84 Å². The molecule has 0 atom stereocenters. The fourth-order valence-electron chi connectivity index (χ4n) is 1.90. The van der Waals surface area contributed by atoms with E-state index >= 15 is 0 Å². The summed E-state index contributed by atoms with van der Waals surface area (Å²) in [5, 5.41) is 11.2. The Kier molecular flexibility index (Phi) is 2.76. The summed E-state index contributed by atoms with van der Waals surface area (Å²) in [6, 6.07) is 11.1. The van der Waals surface area contributed by atoms with E-state index in [1.54, 1.807) is 12.3 Å². The van der Waals surface area contributed by atoms with Gasteiger partial charge in [0, 0.05) is 11.6 Å². The largest absolute Gasteiger partial charge is 0.506 e. The summed E-state index contributed by atoms with van der Waals surface area (Å²) in [4.78, 5) is 3.92. The Morgan fingerprint density at radius 2 is 1.79 bits per heavy atom. The van der Waals surface area contributed by atoms with E-state index in [4.69, 9.17) is 4.74 Å². The van der Waals surface area contributed by atoms with Gasteiger partial charge >= 0.3 is 0 Å². The van der Waals surface area contributed by atoms with Crippen LogP contribution in [0.5, 0.6) is 17.2 Å². The van der Waals surface area contributed by atoms with E-state index in [1.807, 2.05) is 12.1 Å². The summed E-state index contributed by atoms with van der Waals surface area (Å²) >= 11 is 0. The number of pyridine rings is 1. The molecule has 4 heteroatoms. The fraction of sp³-hybridized carbons (Fsp3) is 0. The first-order chi connectivity index (χ1) is 9.24. The molecule has 1 N–H and O–H groups in total. The number of nitrogens with zero attached hydrogens (tertiary/aromatic N) is 1. The third-order valence-electron chi connectivity index (χ3n) is 2.77. The molecular formula is C15H10FNO2. The maximum atomic E-state index is 12.8. The van der Waals surface area contributed by atoms with Gasteiger partial charge in [-0.2, -0.15) is 0 Å². The van der Waals surface area contributed by atoms with Crippen LogP contribution >= 0.6 is 0 Å². The van der Waals surface area contributed by atoms with Crippen LogP contribution in [0.2, 0.25) is 0 Å². The molecule has 0 unspecified atom stereocenters. The van der Waals surface area contributed by atoms with Crippen molar-refractivity contribution in [3.05, 3.63) is 60.7 Å². The van der Waals surface area contributed by atoms with Crippen molar-refractivity contribution in [2.75, 3.05) is 0 Å². The van der Waals surface area contributed by atoms with Crippen LogP contribution in [0.4, 0.5) is 4.39 Å². The highest BCUT2D eigenvalue weighted by molar-refractivity contribution is 5.92. The molecule has 19 heavy (non-hydrogen) atoms. The van der Waals surface area contributed by atoms with Gasteiger partial charge in [0.2, 0.25) is 0 Å². The normalized spacial score (nSPS) is 10.6. The number of rotatable bonds is 2. The highest BCUT2D eigenvalue weighted by Crippen LogP contribution is 2.34. The average Bonchev–Trinajstić information content (AvgIpc) is 2.42. The summed E-state index contributed by atoms with van der Waals surface area (Å²) in [7, 11) is 0. The minimum absolute atomic E-state index is 0.0511. The quantitative estimate of drug-likeness (QED) is 0.755. The Labute approximate surface area is 108 Å². The maximum Gasteiger partial charge on any atom is 0.145 e. The van der Waals surface area contributed by atoms with E-state index in [0.717, 1.165) is 5.39 Å². The molecule has 2 aromatic carbocycles. The van der Waals surface area contributed by atoms with Crippen LogP contribution in [0.1, 0.15) is 0 Å². The summed E-state index contributed by atoms with van der Waals surface area (Å²) in [5.74, 6) is 0.738. The van der Waals surface area contributed by atoms with E-state index in [9.17, 15) is 9.50 Å². The third-order valence-corrected chi connectivity index (χ3v) is 2.77. The molecule has 3 nitrogen and oxygen atoms in total. The van der Waals surface area contributed by atoms with Crippen molar-refractivity contribution in [2.45, 2.75) is 0 Å². The van der Waals surface area contributed by atoms with Gasteiger partial charge in [-0.3, -0.25) is 4.98 Å². The van der Waals surface area contributed by atoms with E-state index in [1.165, 1.54) is 30.5 Å². The first kappa shape index (κ1) is 11.5. The minimum atomic E-state index is -0.322. The Balaban J connectivity index is 2.08. The molecule has 0 spiro atoms. The first-order valence-electron chi connectivity index (χ1n) is 5.73. The van der Waals surface area contributed by atoms with Gasteiger partial charge in [0.15, 0.2) is 0 Å². The molecule has 0 saturated heterocycles. The number of fused-ring (bicyclic) bond motifs is 1. The van der Waals surface area contributed by atoms with E-state index < -0.39 is 0 Å². The van der Waals surface area contributed by atoms with E-state index in [2.05, 4.69) is 4.98 Å². The van der Waals surface area contributed by atoms with E-state index in [-0.39, 0.29) is 11.6 Å². The van der Waals surface area contributed by atoms with Gasteiger partial charge in [0.05, 0.1) is 11.6 Å². The van der Waals surface area contributed by atoms with Crippen LogP contribution in [0, 0.1) is 5.82 Å². The van der Waals surface area contributed by atoms with Crippen LogP contribution in [-0.2, 0) is 0 Å². The van der Waals surface area contributed by atoms with Gasteiger partial charge in [-0.15, -0.1) is 0 Å². The zero-order chi connectivity index (χ0) is 13.2. The van der Waals surface area contributed by atoms with Crippen LogP contribution in [0.25, 0.3) is 10.8 Å². The minimum Gasteiger partial charge on any atom is -0.506 e. The predicted molar refractivity (Wildman–Crippen MR) is 69.9 cm³/mol. The number of ether oxygens (including phenoxy) is 1. The molecule has 0 aliphatic rings. The topological polar surface area (TPSA) is 42.4 Å². The molecule has 0 aliphatic heterocycles. The highest BCUT2D eigenvalue weighted by atomic mass is 19.1. The molecule has 3 aromatic rings. The van der Waals surface area contributed by atoms with Crippen LogP contribution in [0.3, 0.4) is 0 Å². The number of benzene rings is 2. The second-order valence-corrected chi connectivity index (χ2v) is 4.07. The highest BCUT2D eigenvalue weighted by Gasteiger charge is 2.08. The molecule has 0 fully saturated rings. The second kappa shape index (κ2) is 4.57. The third kappa shape index (κ3) is 2.20. The summed E-state index contributed by atoms with van der Waals surface area (Å²) in [6.45, 7) is 0. The lowest BCUT2D eigenvalue weighted by Gasteiger charge is -2.09. The number of hydrogen-bond acceptors (Lipinski definition) is 3. The Hall–Kier alpha value is -2.62. The second-order valence-electron chi connectivity index (χ2n) is 4.07. The molecule has 1 heterocycles. The molecule has 0 amide bonds. The standard InChI is InChI=1S/C15H10FNO2/c16-11-4-6-12(7-5-11)19-14-3-1-2-10-8-17-9-13(18)15(10)14/h1-9,18H. The molecule has 0 radical (unpaired) electrons. The van der Waals surface area contributed by atoms with Crippen LogP contribution in [-0.4, -0.2) is 10.1 Å². The molecule has 0 aliphatic carbocycles. The van der Waals surface area contributed by atoms with Crippen LogP contribution in [0.15, 0.2) is 54.9 Å². The van der Waals surface area contributed by atoms with Gasteiger partial charge in [-0.05, 0) is 30.3 Å². The lowest BCUT2D eigenvalue weighted by atomic mass is 10.1. The predicted octanol–water partition coefficient (Wildman–Crippen LogP) is 3.87. The average molecular weight is 255 g/mol. The van der Waals surface area contributed by atoms with Crippen molar-refractivity contribution in [1.82, 2.24) is 4.98 Å². The monoisotopic (exact) mass is 255 g/mol. The van der Waals surface area contributed by atoms with Crippen molar-refractivity contribution >= 4 is 10.8 Å². The molecule has 0 bridgehead atoms. The van der Waals surface area contributed by atoms with Crippen molar-refractivity contribution < 1.29 is 14.2 Å².